The molecule has 0 aliphatic rings. The van der Waals surface area contributed by atoms with Crippen LogP contribution < -0.4 is 10.6 Å². The number of carbonyl (C=O) groups is 2. The van der Waals surface area contributed by atoms with Gasteiger partial charge in [-0.25, -0.2) is 4.98 Å². The minimum atomic E-state index is -0.293. The summed E-state index contributed by atoms with van der Waals surface area (Å²) in [5.74, 6) is -0.0506. The second-order valence-corrected chi connectivity index (χ2v) is 4.07. The predicted octanol–water partition coefficient (Wildman–Crippen LogP) is 0.761. The van der Waals surface area contributed by atoms with Crippen molar-refractivity contribution in [3.63, 3.8) is 0 Å². The Morgan fingerprint density at radius 1 is 1.47 bits per heavy atom. The van der Waals surface area contributed by atoms with Crippen molar-refractivity contribution in [1.29, 1.82) is 0 Å². The number of rotatable bonds is 3. The van der Waals surface area contributed by atoms with E-state index in [9.17, 15) is 9.59 Å². The highest BCUT2D eigenvalue weighted by molar-refractivity contribution is 14.1. The van der Waals surface area contributed by atoms with Gasteiger partial charge in [-0.3, -0.25) is 9.59 Å². The van der Waals surface area contributed by atoms with E-state index in [0.29, 0.717) is 5.82 Å². The van der Waals surface area contributed by atoms with Crippen LogP contribution in [0.4, 0.5) is 5.82 Å². The van der Waals surface area contributed by atoms with Crippen LogP contribution in [0.3, 0.4) is 0 Å². The Balaban J connectivity index is 2.44. The molecular weight excluding hydrogens is 309 g/mol. The van der Waals surface area contributed by atoms with E-state index in [2.05, 4.69) is 38.2 Å². The molecule has 0 aliphatic carbocycles. The van der Waals surface area contributed by atoms with Crippen molar-refractivity contribution >= 4 is 40.2 Å². The molecule has 0 unspecified atom stereocenters. The van der Waals surface area contributed by atoms with Gasteiger partial charge in [-0.1, -0.05) is 0 Å². The van der Waals surface area contributed by atoms with Crippen molar-refractivity contribution in [2.75, 3.05) is 11.9 Å². The summed E-state index contributed by atoms with van der Waals surface area (Å²) in [6.45, 7) is 1.32. The lowest BCUT2D eigenvalue weighted by molar-refractivity contribution is -0.122. The van der Waals surface area contributed by atoms with Gasteiger partial charge in [0, 0.05) is 16.7 Å². The molecule has 15 heavy (non-hydrogen) atoms. The molecule has 0 atom stereocenters. The van der Waals surface area contributed by atoms with E-state index in [1.807, 2.05) is 6.07 Å². The minimum absolute atomic E-state index is 0.0387. The van der Waals surface area contributed by atoms with Gasteiger partial charge in [0.2, 0.25) is 11.8 Å². The minimum Gasteiger partial charge on any atom is -0.347 e. The largest absolute Gasteiger partial charge is 0.347 e. The Hall–Kier alpha value is -1.18. The van der Waals surface area contributed by atoms with Crippen LogP contribution in [0.15, 0.2) is 18.3 Å². The van der Waals surface area contributed by atoms with E-state index in [4.69, 9.17) is 0 Å². The van der Waals surface area contributed by atoms with E-state index >= 15 is 0 Å². The zero-order valence-electron chi connectivity index (χ0n) is 8.08. The fourth-order valence-electron chi connectivity index (χ4n) is 0.842. The summed E-state index contributed by atoms with van der Waals surface area (Å²) in [6, 6.07) is 3.54. The SMILES string of the molecule is CC(=O)NCC(=O)Nc1ccc(I)cn1. The molecule has 0 fully saturated rings. The number of nitrogens with one attached hydrogen (secondary N) is 2. The summed E-state index contributed by atoms with van der Waals surface area (Å²) in [7, 11) is 0. The Morgan fingerprint density at radius 3 is 2.73 bits per heavy atom. The van der Waals surface area contributed by atoms with Crippen molar-refractivity contribution in [2.24, 2.45) is 0 Å². The van der Waals surface area contributed by atoms with E-state index in [1.54, 1.807) is 12.3 Å². The van der Waals surface area contributed by atoms with E-state index in [-0.39, 0.29) is 18.4 Å². The molecule has 1 aromatic rings. The fourth-order valence-corrected chi connectivity index (χ4v) is 1.16. The number of nitrogens with zero attached hydrogens (tertiary/aromatic N) is 1. The Labute approximate surface area is 101 Å². The summed E-state index contributed by atoms with van der Waals surface area (Å²) in [5.41, 5.74) is 0. The third-order valence-electron chi connectivity index (χ3n) is 1.49. The molecule has 0 aromatic carbocycles. The molecule has 2 N–H and O–H groups in total. The molecule has 0 aliphatic heterocycles. The fraction of sp³-hybridized carbons (Fsp3) is 0.222. The Kier molecular flexibility index (Phi) is 4.47. The van der Waals surface area contributed by atoms with Crippen molar-refractivity contribution in [2.45, 2.75) is 6.92 Å². The van der Waals surface area contributed by atoms with Gasteiger partial charge in [-0.05, 0) is 34.7 Å². The van der Waals surface area contributed by atoms with Crippen LogP contribution in [0, 0.1) is 3.57 Å². The maximum Gasteiger partial charge on any atom is 0.244 e. The van der Waals surface area contributed by atoms with Crippen LogP contribution in [-0.2, 0) is 9.59 Å². The molecule has 6 heteroatoms. The molecule has 5 nitrogen and oxygen atoms in total. The van der Waals surface area contributed by atoms with Crippen LogP contribution in [0.2, 0.25) is 0 Å². The van der Waals surface area contributed by atoms with Gasteiger partial charge in [-0.15, -0.1) is 0 Å². The van der Waals surface area contributed by atoms with Crippen molar-refractivity contribution in [3.8, 4) is 0 Å². The third-order valence-corrected chi connectivity index (χ3v) is 2.13. The van der Waals surface area contributed by atoms with Crippen LogP contribution >= 0.6 is 22.6 Å². The molecular formula is C9H10IN3O2. The zero-order chi connectivity index (χ0) is 11.3. The first-order valence-corrected chi connectivity index (χ1v) is 5.31. The second kappa shape index (κ2) is 5.64. The highest BCUT2D eigenvalue weighted by atomic mass is 127. The predicted molar refractivity (Wildman–Crippen MR) is 64.3 cm³/mol. The van der Waals surface area contributed by atoms with Crippen LogP contribution in [-0.4, -0.2) is 23.3 Å². The molecule has 80 valence electrons. The molecule has 1 aromatic heterocycles. The van der Waals surface area contributed by atoms with E-state index in [0.717, 1.165) is 3.57 Å². The first-order chi connectivity index (χ1) is 7.08. The lowest BCUT2D eigenvalue weighted by Crippen LogP contribution is -2.31. The summed E-state index contributed by atoms with van der Waals surface area (Å²) in [5, 5.41) is 4.95. The van der Waals surface area contributed by atoms with Gasteiger partial charge in [0.1, 0.15) is 5.82 Å². The summed E-state index contributed by atoms with van der Waals surface area (Å²) < 4.78 is 0.993. The van der Waals surface area contributed by atoms with Crippen molar-refractivity contribution in [1.82, 2.24) is 10.3 Å². The Bertz CT molecular complexity index is 364. The first-order valence-electron chi connectivity index (χ1n) is 4.24. The number of anilines is 1. The lowest BCUT2D eigenvalue weighted by atomic mass is 10.4. The summed E-state index contributed by atoms with van der Waals surface area (Å²) in [4.78, 5) is 25.8. The smallest absolute Gasteiger partial charge is 0.244 e. The standard InChI is InChI=1S/C9H10IN3O2/c1-6(14)11-5-9(15)13-8-3-2-7(10)4-12-8/h2-4H,5H2,1H3,(H,11,14)(H,12,13,15). The molecule has 1 rings (SSSR count). The topological polar surface area (TPSA) is 71.1 Å². The number of halogens is 1. The quantitative estimate of drug-likeness (QED) is 0.808. The molecule has 1 heterocycles. The number of amides is 2. The van der Waals surface area contributed by atoms with E-state index < -0.39 is 0 Å². The monoisotopic (exact) mass is 319 g/mol. The zero-order valence-corrected chi connectivity index (χ0v) is 10.2. The number of hydrogen-bond acceptors (Lipinski definition) is 3. The average molecular weight is 319 g/mol. The van der Waals surface area contributed by atoms with Crippen molar-refractivity contribution < 1.29 is 9.59 Å². The second-order valence-electron chi connectivity index (χ2n) is 2.82. The molecule has 0 saturated carbocycles. The Morgan fingerprint density at radius 2 is 2.20 bits per heavy atom. The van der Waals surface area contributed by atoms with Crippen LogP contribution in [0.25, 0.3) is 0 Å². The normalized spacial score (nSPS) is 9.47. The van der Waals surface area contributed by atoms with E-state index in [1.165, 1.54) is 6.92 Å². The van der Waals surface area contributed by atoms with Crippen LogP contribution in [0.1, 0.15) is 6.92 Å². The number of pyridine rings is 1. The van der Waals surface area contributed by atoms with Gasteiger partial charge in [-0.2, -0.15) is 0 Å². The summed E-state index contributed by atoms with van der Waals surface area (Å²) >= 11 is 2.12. The summed E-state index contributed by atoms with van der Waals surface area (Å²) in [6.07, 6.45) is 1.65. The number of hydrogen-bond donors (Lipinski definition) is 2. The van der Waals surface area contributed by atoms with Gasteiger partial charge >= 0.3 is 0 Å². The third kappa shape index (κ3) is 4.73. The average Bonchev–Trinajstić information content (AvgIpc) is 2.19. The molecule has 0 spiro atoms. The number of carbonyl (C=O) groups excluding carboxylic acids is 2. The van der Waals surface area contributed by atoms with Gasteiger partial charge in [0.05, 0.1) is 6.54 Å². The van der Waals surface area contributed by atoms with Gasteiger partial charge < -0.3 is 10.6 Å². The van der Waals surface area contributed by atoms with Gasteiger partial charge in [0.25, 0.3) is 0 Å². The highest BCUT2D eigenvalue weighted by Crippen LogP contribution is 2.06. The van der Waals surface area contributed by atoms with Crippen LogP contribution in [0.5, 0.6) is 0 Å². The molecule has 0 saturated heterocycles. The molecule has 2 amide bonds. The van der Waals surface area contributed by atoms with Gasteiger partial charge in [0.15, 0.2) is 0 Å². The molecule has 0 bridgehead atoms. The first kappa shape index (κ1) is 11.9. The lowest BCUT2D eigenvalue weighted by Gasteiger charge is -2.04. The van der Waals surface area contributed by atoms with Crippen molar-refractivity contribution in [3.05, 3.63) is 21.9 Å². The molecule has 0 radical (unpaired) electrons. The maximum absolute atomic E-state index is 11.2. The number of aromatic nitrogens is 1. The maximum atomic E-state index is 11.2. The highest BCUT2D eigenvalue weighted by Gasteiger charge is 2.03.